The molecular weight excluding hydrogens is 282 g/mol. The second-order valence-electron chi connectivity index (χ2n) is 6.15. The van der Waals surface area contributed by atoms with Crippen molar-refractivity contribution < 1.29 is 9.53 Å². The number of amides is 1. The van der Waals surface area contributed by atoms with Gasteiger partial charge in [-0.1, -0.05) is 0 Å². The van der Waals surface area contributed by atoms with Crippen molar-refractivity contribution in [1.29, 1.82) is 0 Å². The lowest BCUT2D eigenvalue weighted by atomic mass is 10.1. The number of pyridine rings is 1. The van der Waals surface area contributed by atoms with E-state index in [9.17, 15) is 9.59 Å². The molecule has 1 aromatic rings. The number of rotatable bonds is 4. The molecule has 1 amide bonds. The van der Waals surface area contributed by atoms with Crippen LogP contribution in [0.3, 0.4) is 0 Å². The molecule has 2 fully saturated rings. The highest BCUT2D eigenvalue weighted by atomic mass is 16.5. The van der Waals surface area contributed by atoms with Crippen LogP contribution >= 0.6 is 0 Å². The first-order valence-electron chi connectivity index (χ1n) is 7.92. The van der Waals surface area contributed by atoms with Crippen LogP contribution in [0.1, 0.15) is 29.6 Å². The van der Waals surface area contributed by atoms with Gasteiger partial charge in [0.05, 0.1) is 6.10 Å². The summed E-state index contributed by atoms with van der Waals surface area (Å²) < 4.78 is 5.47. The topological polar surface area (TPSA) is 65.6 Å². The number of nitrogens with one attached hydrogen (secondary N) is 1. The van der Waals surface area contributed by atoms with E-state index in [1.165, 1.54) is 25.1 Å². The number of hydrogen-bond donors (Lipinski definition) is 1. The molecular formula is C16H23N3O3. The lowest BCUT2D eigenvalue weighted by Crippen LogP contribution is -2.42. The van der Waals surface area contributed by atoms with Crippen LogP contribution in [0.15, 0.2) is 23.1 Å². The SMILES string of the molecule is CO[C@H]1C[C@@H](CN2CCCC2)N(C(=O)c2cc[nH]c(=O)c2)C1. The molecule has 2 atom stereocenters. The van der Waals surface area contributed by atoms with Gasteiger partial charge in [0.25, 0.3) is 5.91 Å². The Balaban J connectivity index is 1.75. The minimum atomic E-state index is -0.246. The molecule has 0 spiro atoms. The zero-order valence-electron chi connectivity index (χ0n) is 13.0. The maximum absolute atomic E-state index is 12.7. The Hall–Kier alpha value is -1.66. The number of H-pyrrole nitrogens is 1. The van der Waals surface area contributed by atoms with Crippen LogP contribution in [0.2, 0.25) is 0 Å². The van der Waals surface area contributed by atoms with Crippen molar-refractivity contribution in [3.05, 3.63) is 34.2 Å². The number of methoxy groups -OCH3 is 1. The molecule has 1 N–H and O–H groups in total. The minimum absolute atomic E-state index is 0.0742. The van der Waals surface area contributed by atoms with Gasteiger partial charge in [-0.25, -0.2) is 0 Å². The monoisotopic (exact) mass is 305 g/mol. The highest BCUT2D eigenvalue weighted by Gasteiger charge is 2.37. The Kier molecular flexibility index (Phi) is 4.59. The second kappa shape index (κ2) is 6.62. The molecule has 6 heteroatoms. The Morgan fingerprint density at radius 3 is 2.86 bits per heavy atom. The summed E-state index contributed by atoms with van der Waals surface area (Å²) in [6.07, 6.45) is 4.94. The Labute approximate surface area is 130 Å². The summed E-state index contributed by atoms with van der Waals surface area (Å²) in [7, 11) is 1.69. The molecule has 3 heterocycles. The molecule has 6 nitrogen and oxygen atoms in total. The van der Waals surface area contributed by atoms with Crippen LogP contribution in [-0.2, 0) is 4.74 Å². The summed E-state index contributed by atoms with van der Waals surface area (Å²) >= 11 is 0. The quantitative estimate of drug-likeness (QED) is 0.889. The van der Waals surface area contributed by atoms with Crippen molar-refractivity contribution in [2.45, 2.75) is 31.4 Å². The van der Waals surface area contributed by atoms with E-state index < -0.39 is 0 Å². The first-order chi connectivity index (χ1) is 10.7. The molecule has 0 bridgehead atoms. The summed E-state index contributed by atoms with van der Waals surface area (Å²) in [4.78, 5) is 31.0. The third-order valence-corrected chi connectivity index (χ3v) is 4.66. The zero-order valence-corrected chi connectivity index (χ0v) is 13.0. The molecule has 1 aromatic heterocycles. The smallest absolute Gasteiger partial charge is 0.254 e. The average molecular weight is 305 g/mol. The molecule has 22 heavy (non-hydrogen) atoms. The van der Waals surface area contributed by atoms with Crippen molar-refractivity contribution >= 4 is 5.91 Å². The molecule has 2 aliphatic rings. The van der Waals surface area contributed by atoms with E-state index in [1.54, 1.807) is 13.2 Å². The molecule has 0 aromatic carbocycles. The summed E-state index contributed by atoms with van der Waals surface area (Å²) in [5.41, 5.74) is 0.205. The standard InChI is InChI=1S/C16H23N3O3/c1-22-14-9-13(10-18-6-2-3-7-18)19(11-14)16(21)12-4-5-17-15(20)8-12/h4-5,8,13-14H,2-3,6-7,9-11H2,1H3,(H,17,20)/t13-,14-/m0/s1. The van der Waals surface area contributed by atoms with Gasteiger partial charge in [-0.05, 0) is 38.4 Å². The number of aromatic nitrogens is 1. The van der Waals surface area contributed by atoms with Gasteiger partial charge in [-0.3, -0.25) is 9.59 Å². The van der Waals surface area contributed by atoms with E-state index in [2.05, 4.69) is 9.88 Å². The summed E-state index contributed by atoms with van der Waals surface area (Å²) in [5.74, 6) is -0.0742. The van der Waals surface area contributed by atoms with Crippen LogP contribution in [0.4, 0.5) is 0 Å². The van der Waals surface area contributed by atoms with E-state index in [4.69, 9.17) is 4.74 Å². The Morgan fingerprint density at radius 2 is 2.18 bits per heavy atom. The van der Waals surface area contributed by atoms with Crippen LogP contribution in [0, 0.1) is 0 Å². The first kappa shape index (κ1) is 15.2. The number of carbonyl (C=O) groups is 1. The summed E-state index contributed by atoms with van der Waals surface area (Å²) in [6.45, 7) is 3.72. The summed E-state index contributed by atoms with van der Waals surface area (Å²) in [6, 6.07) is 3.20. The van der Waals surface area contributed by atoms with E-state index >= 15 is 0 Å². The molecule has 0 radical (unpaired) electrons. The fraction of sp³-hybridized carbons (Fsp3) is 0.625. The Morgan fingerprint density at radius 1 is 1.41 bits per heavy atom. The fourth-order valence-corrected chi connectivity index (χ4v) is 3.47. The zero-order chi connectivity index (χ0) is 15.5. The van der Waals surface area contributed by atoms with E-state index in [0.717, 1.165) is 26.1 Å². The maximum atomic E-state index is 12.7. The maximum Gasteiger partial charge on any atom is 0.254 e. The molecule has 0 saturated carbocycles. The number of aromatic amines is 1. The molecule has 3 rings (SSSR count). The normalized spacial score (nSPS) is 25.8. The van der Waals surface area contributed by atoms with Gasteiger partial charge in [-0.15, -0.1) is 0 Å². The minimum Gasteiger partial charge on any atom is -0.380 e. The second-order valence-corrected chi connectivity index (χ2v) is 6.15. The van der Waals surface area contributed by atoms with Crippen molar-refractivity contribution in [3.63, 3.8) is 0 Å². The van der Waals surface area contributed by atoms with Gasteiger partial charge in [0, 0.05) is 44.1 Å². The number of nitrogens with zero attached hydrogens (tertiary/aromatic N) is 2. The number of hydrogen-bond acceptors (Lipinski definition) is 4. The van der Waals surface area contributed by atoms with Crippen LogP contribution in [-0.4, -0.2) is 66.1 Å². The Bertz CT molecular complexity index is 580. The van der Waals surface area contributed by atoms with Gasteiger partial charge < -0.3 is 19.5 Å². The van der Waals surface area contributed by atoms with Gasteiger partial charge in [-0.2, -0.15) is 0 Å². The highest BCUT2D eigenvalue weighted by Crippen LogP contribution is 2.24. The van der Waals surface area contributed by atoms with Crippen molar-refractivity contribution in [3.8, 4) is 0 Å². The average Bonchev–Trinajstić information content (AvgIpc) is 3.16. The van der Waals surface area contributed by atoms with Gasteiger partial charge in [0.1, 0.15) is 0 Å². The molecule has 120 valence electrons. The number of carbonyl (C=O) groups excluding carboxylic acids is 1. The van der Waals surface area contributed by atoms with Gasteiger partial charge in [0.2, 0.25) is 5.56 Å². The van der Waals surface area contributed by atoms with Gasteiger partial charge >= 0.3 is 0 Å². The third-order valence-electron chi connectivity index (χ3n) is 4.66. The van der Waals surface area contributed by atoms with E-state index in [-0.39, 0.29) is 23.6 Å². The van der Waals surface area contributed by atoms with Crippen LogP contribution in [0.25, 0.3) is 0 Å². The molecule has 2 saturated heterocycles. The van der Waals surface area contributed by atoms with Crippen molar-refractivity contribution in [2.24, 2.45) is 0 Å². The summed E-state index contributed by atoms with van der Waals surface area (Å²) in [5, 5.41) is 0. The molecule has 0 unspecified atom stereocenters. The van der Waals surface area contributed by atoms with E-state index in [0.29, 0.717) is 12.1 Å². The number of likely N-dealkylation sites (tertiary alicyclic amines) is 2. The fourth-order valence-electron chi connectivity index (χ4n) is 3.47. The first-order valence-corrected chi connectivity index (χ1v) is 7.92. The number of ether oxygens (including phenoxy) is 1. The molecule has 0 aliphatic carbocycles. The van der Waals surface area contributed by atoms with E-state index in [1.807, 2.05) is 4.90 Å². The van der Waals surface area contributed by atoms with Crippen molar-refractivity contribution in [2.75, 3.05) is 33.3 Å². The van der Waals surface area contributed by atoms with Crippen LogP contribution < -0.4 is 5.56 Å². The lowest BCUT2D eigenvalue weighted by Gasteiger charge is -2.28. The van der Waals surface area contributed by atoms with Gasteiger partial charge in [0.15, 0.2) is 0 Å². The predicted octanol–water partition coefficient (Wildman–Crippen LogP) is 0.700. The van der Waals surface area contributed by atoms with Crippen LogP contribution in [0.5, 0.6) is 0 Å². The largest absolute Gasteiger partial charge is 0.380 e. The lowest BCUT2D eigenvalue weighted by molar-refractivity contribution is 0.0670. The predicted molar refractivity (Wildman–Crippen MR) is 83.0 cm³/mol. The molecule has 2 aliphatic heterocycles. The third kappa shape index (κ3) is 3.23. The highest BCUT2D eigenvalue weighted by molar-refractivity contribution is 5.94. The van der Waals surface area contributed by atoms with Crippen molar-refractivity contribution in [1.82, 2.24) is 14.8 Å².